The molecule has 0 heterocycles. The fourth-order valence-electron chi connectivity index (χ4n) is 0.714. The second-order valence-corrected chi connectivity index (χ2v) is 8.47. The third-order valence-corrected chi connectivity index (χ3v) is 4.01. The van der Waals surface area contributed by atoms with E-state index in [9.17, 15) is 0 Å². The van der Waals surface area contributed by atoms with E-state index in [4.69, 9.17) is 0 Å². The molecular weight excluding hydrogens is 154 g/mol. The summed E-state index contributed by atoms with van der Waals surface area (Å²) in [6.07, 6.45) is 8.34. The highest BCUT2D eigenvalue weighted by atomic mass is 32.3. The third-order valence-electron chi connectivity index (χ3n) is 1.96. The first-order valence-corrected chi connectivity index (χ1v) is 7.05. The molecule has 0 spiro atoms. The van der Waals surface area contributed by atoms with Crippen molar-refractivity contribution < 1.29 is 0 Å². The SMILES string of the molecule is CC(C)CCN(C)S(C)(C)C. The normalized spacial score (nSPS) is 14.5. The van der Waals surface area contributed by atoms with Crippen molar-refractivity contribution in [2.24, 2.45) is 5.92 Å². The third kappa shape index (κ3) is 5.57. The standard InChI is InChI=1S/C9H23NS/c1-9(2)7-8-10(3)11(4,5)6/h9H,7-8H2,1-6H3. The van der Waals surface area contributed by atoms with Crippen molar-refractivity contribution in [1.29, 1.82) is 0 Å². The van der Waals surface area contributed by atoms with Gasteiger partial charge in [0.1, 0.15) is 0 Å². The second kappa shape index (κ2) is 4.36. The molecule has 0 unspecified atom stereocenters. The molecule has 2 heteroatoms. The van der Waals surface area contributed by atoms with Crippen LogP contribution in [0.2, 0.25) is 0 Å². The summed E-state index contributed by atoms with van der Waals surface area (Å²) in [5, 5.41) is 0. The Balaban J connectivity index is 3.61. The molecule has 0 amide bonds. The molecule has 0 aliphatic rings. The Kier molecular flexibility index (Phi) is 4.49. The number of hydrogen-bond acceptors (Lipinski definition) is 1. The molecular formula is C9H23NS. The zero-order valence-corrected chi connectivity index (χ0v) is 9.66. The van der Waals surface area contributed by atoms with Crippen LogP contribution in [0.25, 0.3) is 0 Å². The molecule has 70 valence electrons. The lowest BCUT2D eigenvalue weighted by atomic mass is 10.1. The fraction of sp³-hybridized carbons (Fsp3) is 1.00. The first-order chi connectivity index (χ1) is 4.84. The topological polar surface area (TPSA) is 3.24 Å². The molecule has 0 aliphatic heterocycles. The lowest BCUT2D eigenvalue weighted by molar-refractivity contribution is 0.467. The highest BCUT2D eigenvalue weighted by molar-refractivity contribution is 8.30. The summed E-state index contributed by atoms with van der Waals surface area (Å²) in [6, 6.07) is 0. The van der Waals surface area contributed by atoms with Crippen molar-refractivity contribution in [2.45, 2.75) is 20.3 Å². The van der Waals surface area contributed by atoms with Crippen LogP contribution in [0, 0.1) is 5.92 Å². The molecule has 0 fully saturated rings. The van der Waals surface area contributed by atoms with E-state index in [-0.39, 0.29) is 0 Å². The molecule has 0 bridgehead atoms. The van der Waals surface area contributed by atoms with Crippen LogP contribution in [0.1, 0.15) is 20.3 Å². The highest BCUT2D eigenvalue weighted by Gasteiger charge is 2.10. The van der Waals surface area contributed by atoms with Gasteiger partial charge in [0, 0.05) is 6.54 Å². The van der Waals surface area contributed by atoms with E-state index in [0.29, 0.717) is 0 Å². The number of rotatable bonds is 4. The molecule has 0 saturated carbocycles. The molecule has 0 aromatic carbocycles. The molecule has 0 rings (SSSR count). The highest BCUT2D eigenvalue weighted by Crippen LogP contribution is 2.38. The molecule has 0 aromatic heterocycles. The summed E-state index contributed by atoms with van der Waals surface area (Å²) in [7, 11) is 1.77. The van der Waals surface area contributed by atoms with Gasteiger partial charge in [-0.1, -0.05) is 13.8 Å². The van der Waals surface area contributed by atoms with Gasteiger partial charge in [-0.15, -0.1) is 0 Å². The molecule has 0 radical (unpaired) electrons. The van der Waals surface area contributed by atoms with Crippen LogP contribution in [0.4, 0.5) is 0 Å². The minimum atomic E-state index is -0.465. The summed E-state index contributed by atoms with van der Waals surface area (Å²) in [5.74, 6) is 0.833. The van der Waals surface area contributed by atoms with Crippen molar-refractivity contribution in [3.63, 3.8) is 0 Å². The van der Waals surface area contributed by atoms with Gasteiger partial charge in [0.2, 0.25) is 0 Å². The van der Waals surface area contributed by atoms with Crippen molar-refractivity contribution in [3.05, 3.63) is 0 Å². The van der Waals surface area contributed by atoms with Crippen molar-refractivity contribution in [2.75, 3.05) is 32.4 Å². The van der Waals surface area contributed by atoms with Gasteiger partial charge in [0.25, 0.3) is 0 Å². The lowest BCUT2D eigenvalue weighted by Gasteiger charge is -2.37. The number of hydrogen-bond donors (Lipinski definition) is 0. The molecule has 0 N–H and O–H groups in total. The summed E-state index contributed by atoms with van der Waals surface area (Å²) >= 11 is 0. The van der Waals surface area contributed by atoms with Crippen molar-refractivity contribution >= 4 is 10.2 Å². The Morgan fingerprint density at radius 3 is 1.91 bits per heavy atom. The smallest absolute Gasteiger partial charge is 0.00731 e. The predicted molar refractivity (Wildman–Crippen MR) is 57.4 cm³/mol. The Morgan fingerprint density at radius 2 is 1.64 bits per heavy atom. The van der Waals surface area contributed by atoms with E-state index in [0.717, 1.165) is 5.92 Å². The Bertz CT molecular complexity index is 105. The zero-order chi connectivity index (χ0) is 9.07. The Hall–Kier alpha value is 0.310. The monoisotopic (exact) mass is 177 g/mol. The molecule has 0 atom stereocenters. The minimum absolute atomic E-state index is 0.465. The zero-order valence-electron chi connectivity index (χ0n) is 8.85. The van der Waals surface area contributed by atoms with Gasteiger partial charge in [0.05, 0.1) is 0 Å². The van der Waals surface area contributed by atoms with Gasteiger partial charge in [-0.05, 0) is 38.2 Å². The van der Waals surface area contributed by atoms with Crippen LogP contribution in [-0.4, -0.2) is 36.7 Å². The van der Waals surface area contributed by atoms with Crippen LogP contribution in [0.3, 0.4) is 0 Å². The van der Waals surface area contributed by atoms with E-state index < -0.39 is 10.2 Å². The molecule has 0 aliphatic carbocycles. The van der Waals surface area contributed by atoms with Crippen molar-refractivity contribution in [1.82, 2.24) is 4.31 Å². The minimum Gasteiger partial charge on any atom is -0.271 e. The van der Waals surface area contributed by atoms with E-state index in [1.165, 1.54) is 13.0 Å². The maximum atomic E-state index is 2.49. The summed E-state index contributed by atoms with van der Waals surface area (Å²) in [5.41, 5.74) is 0. The van der Waals surface area contributed by atoms with Crippen LogP contribution in [0.5, 0.6) is 0 Å². The Labute approximate surface area is 73.6 Å². The summed E-state index contributed by atoms with van der Waals surface area (Å²) in [4.78, 5) is 0. The van der Waals surface area contributed by atoms with Gasteiger partial charge in [-0.3, -0.25) is 4.31 Å². The van der Waals surface area contributed by atoms with E-state index in [1.54, 1.807) is 0 Å². The number of nitrogens with zero attached hydrogens (tertiary/aromatic N) is 1. The average Bonchev–Trinajstić information content (AvgIpc) is 1.80. The molecule has 11 heavy (non-hydrogen) atoms. The van der Waals surface area contributed by atoms with Crippen LogP contribution < -0.4 is 0 Å². The van der Waals surface area contributed by atoms with Gasteiger partial charge in [-0.25, -0.2) is 0 Å². The average molecular weight is 177 g/mol. The largest absolute Gasteiger partial charge is 0.271 e. The van der Waals surface area contributed by atoms with Gasteiger partial charge in [-0.2, -0.15) is 10.2 Å². The predicted octanol–water partition coefficient (Wildman–Crippen LogP) is 2.57. The van der Waals surface area contributed by atoms with E-state index in [1.807, 2.05) is 0 Å². The summed E-state index contributed by atoms with van der Waals surface area (Å²) < 4.78 is 2.49. The lowest BCUT2D eigenvalue weighted by Crippen LogP contribution is -2.23. The van der Waals surface area contributed by atoms with E-state index >= 15 is 0 Å². The van der Waals surface area contributed by atoms with Gasteiger partial charge in [0.15, 0.2) is 0 Å². The maximum absolute atomic E-state index is 2.49. The molecule has 0 aromatic rings. The first kappa shape index (κ1) is 11.3. The van der Waals surface area contributed by atoms with Gasteiger partial charge >= 0.3 is 0 Å². The van der Waals surface area contributed by atoms with Crippen molar-refractivity contribution in [3.8, 4) is 0 Å². The quantitative estimate of drug-likeness (QED) is 0.638. The van der Waals surface area contributed by atoms with Crippen LogP contribution in [0.15, 0.2) is 0 Å². The fourth-order valence-corrected chi connectivity index (χ4v) is 1.37. The summed E-state index contributed by atoms with van der Waals surface area (Å²) in [6.45, 7) is 5.81. The van der Waals surface area contributed by atoms with E-state index in [2.05, 4.69) is 44.0 Å². The van der Waals surface area contributed by atoms with Crippen LogP contribution >= 0.6 is 10.2 Å². The van der Waals surface area contributed by atoms with Crippen LogP contribution in [-0.2, 0) is 0 Å². The maximum Gasteiger partial charge on any atom is 0.00731 e. The van der Waals surface area contributed by atoms with Gasteiger partial charge < -0.3 is 0 Å². The second-order valence-electron chi connectivity index (χ2n) is 4.31. The molecule has 1 nitrogen and oxygen atoms in total. The Morgan fingerprint density at radius 1 is 1.18 bits per heavy atom. The first-order valence-electron chi connectivity index (χ1n) is 4.23. The molecule has 0 saturated heterocycles.